The van der Waals surface area contributed by atoms with Gasteiger partial charge in [0.15, 0.2) is 0 Å². The van der Waals surface area contributed by atoms with Crippen molar-refractivity contribution in [1.82, 2.24) is 20.4 Å². The Morgan fingerprint density at radius 2 is 1.86 bits per heavy atom. The highest BCUT2D eigenvalue weighted by Crippen LogP contribution is 2.14. The van der Waals surface area contributed by atoms with Gasteiger partial charge in [-0.3, -0.25) is 9.69 Å². The van der Waals surface area contributed by atoms with Gasteiger partial charge in [-0.2, -0.15) is 0 Å². The molecule has 0 aliphatic heterocycles. The van der Waals surface area contributed by atoms with Crippen molar-refractivity contribution in [3.63, 3.8) is 0 Å². The summed E-state index contributed by atoms with van der Waals surface area (Å²) in [7, 11) is 0. The minimum atomic E-state index is -0.149. The zero-order valence-corrected chi connectivity index (χ0v) is 14.5. The number of hydrogen-bond donors (Lipinski definition) is 2. The van der Waals surface area contributed by atoms with Gasteiger partial charge < -0.3 is 10.6 Å². The largest absolute Gasteiger partial charge is 0.360 e. The normalized spacial score (nSPS) is 11.4. The molecule has 0 fully saturated rings. The average molecular weight is 313 g/mol. The molecule has 0 radical (unpaired) electrons. The van der Waals surface area contributed by atoms with Gasteiger partial charge in [-0.15, -0.1) is 10.2 Å². The Morgan fingerprint density at radius 1 is 1.19 bits per heavy atom. The number of amides is 1. The van der Waals surface area contributed by atoms with E-state index in [0.29, 0.717) is 28.8 Å². The van der Waals surface area contributed by atoms with Gasteiger partial charge in [0.2, 0.25) is 10.1 Å². The molecule has 1 amide bonds. The van der Waals surface area contributed by atoms with Crippen LogP contribution in [0.2, 0.25) is 0 Å². The molecular weight excluding hydrogens is 286 g/mol. The molecule has 0 atom stereocenters. The molecule has 120 valence electrons. The van der Waals surface area contributed by atoms with Crippen LogP contribution in [0.15, 0.2) is 0 Å². The van der Waals surface area contributed by atoms with Crippen molar-refractivity contribution in [3.05, 3.63) is 5.01 Å². The molecule has 0 unspecified atom stereocenters. The molecule has 7 heteroatoms. The fourth-order valence-corrected chi connectivity index (χ4v) is 2.79. The Morgan fingerprint density at radius 3 is 2.43 bits per heavy atom. The quantitative estimate of drug-likeness (QED) is 0.731. The molecule has 6 nitrogen and oxygen atoms in total. The topological polar surface area (TPSA) is 70.1 Å². The highest BCUT2D eigenvalue weighted by molar-refractivity contribution is 7.17. The van der Waals surface area contributed by atoms with Crippen molar-refractivity contribution in [2.24, 2.45) is 0 Å². The van der Waals surface area contributed by atoms with Crippen molar-refractivity contribution in [1.29, 1.82) is 0 Å². The van der Waals surface area contributed by atoms with E-state index in [1.165, 1.54) is 11.3 Å². The summed E-state index contributed by atoms with van der Waals surface area (Å²) in [6.45, 7) is 13.0. The van der Waals surface area contributed by atoms with Gasteiger partial charge >= 0.3 is 0 Å². The molecule has 1 rings (SSSR count). The van der Waals surface area contributed by atoms with Gasteiger partial charge in [-0.05, 0) is 34.1 Å². The molecular formula is C14H27N5OS. The number of nitrogens with one attached hydrogen (secondary N) is 2. The SMILES string of the molecule is CCCNc1nnc(C(=O)NCCN(C(C)C)C(C)C)s1. The van der Waals surface area contributed by atoms with Crippen LogP contribution in [0.1, 0.15) is 50.8 Å². The first-order valence-corrected chi connectivity index (χ1v) is 8.38. The number of carbonyl (C=O) groups is 1. The number of rotatable bonds is 9. The van der Waals surface area contributed by atoms with Crippen LogP contribution in [0.4, 0.5) is 5.13 Å². The Balaban J connectivity index is 2.41. The van der Waals surface area contributed by atoms with Crippen LogP contribution in [0.25, 0.3) is 0 Å². The van der Waals surface area contributed by atoms with Gasteiger partial charge in [0.05, 0.1) is 0 Å². The van der Waals surface area contributed by atoms with Crippen molar-refractivity contribution in [2.45, 2.75) is 53.1 Å². The van der Waals surface area contributed by atoms with Crippen LogP contribution in [-0.2, 0) is 0 Å². The summed E-state index contributed by atoms with van der Waals surface area (Å²) >= 11 is 1.29. The van der Waals surface area contributed by atoms with Gasteiger partial charge in [0.1, 0.15) is 0 Å². The number of anilines is 1. The maximum atomic E-state index is 12.0. The van der Waals surface area contributed by atoms with Crippen molar-refractivity contribution >= 4 is 22.4 Å². The van der Waals surface area contributed by atoms with E-state index in [1.54, 1.807) is 0 Å². The fourth-order valence-electron chi connectivity index (χ4n) is 2.11. The third-order valence-electron chi connectivity index (χ3n) is 3.13. The summed E-state index contributed by atoms with van der Waals surface area (Å²) in [5.74, 6) is -0.149. The Hall–Kier alpha value is -1.21. The monoisotopic (exact) mass is 313 g/mol. The molecule has 1 aromatic rings. The maximum Gasteiger partial charge on any atom is 0.282 e. The third-order valence-corrected chi connectivity index (χ3v) is 4.01. The number of carbonyl (C=O) groups excluding carboxylic acids is 1. The van der Waals surface area contributed by atoms with Crippen LogP contribution in [-0.4, -0.2) is 52.7 Å². The first-order chi connectivity index (χ1) is 9.95. The predicted octanol–water partition coefficient (Wildman–Crippen LogP) is 2.21. The molecule has 21 heavy (non-hydrogen) atoms. The summed E-state index contributed by atoms with van der Waals surface area (Å²) in [5.41, 5.74) is 0. The molecule has 1 heterocycles. The van der Waals surface area contributed by atoms with Crippen LogP contribution in [0.3, 0.4) is 0 Å². The average Bonchev–Trinajstić information content (AvgIpc) is 2.89. The minimum absolute atomic E-state index is 0.149. The van der Waals surface area contributed by atoms with Crippen molar-refractivity contribution in [3.8, 4) is 0 Å². The third kappa shape index (κ3) is 5.97. The van der Waals surface area contributed by atoms with E-state index in [2.05, 4.69) is 60.3 Å². The second kappa shape index (κ2) is 8.94. The molecule has 0 aliphatic rings. The second-order valence-corrected chi connectivity index (χ2v) is 6.50. The van der Waals surface area contributed by atoms with Crippen molar-refractivity contribution in [2.75, 3.05) is 25.0 Å². The van der Waals surface area contributed by atoms with Gasteiger partial charge in [-0.1, -0.05) is 18.3 Å². The smallest absolute Gasteiger partial charge is 0.282 e. The Labute approximate surface area is 131 Å². The summed E-state index contributed by atoms with van der Waals surface area (Å²) in [6.07, 6.45) is 1.02. The van der Waals surface area contributed by atoms with Crippen molar-refractivity contribution < 1.29 is 4.79 Å². The summed E-state index contributed by atoms with van der Waals surface area (Å²) in [5, 5.41) is 15.0. The standard InChI is InChI=1S/C14H27N5OS/c1-6-7-16-14-18-17-13(21-14)12(20)15-8-9-19(10(2)3)11(4)5/h10-11H,6-9H2,1-5H3,(H,15,20)(H,16,18). The van der Waals surface area contributed by atoms with Crippen LogP contribution >= 0.6 is 11.3 Å². The van der Waals surface area contributed by atoms with Crippen LogP contribution < -0.4 is 10.6 Å². The first kappa shape index (κ1) is 17.8. The van der Waals surface area contributed by atoms with Crippen LogP contribution in [0, 0.1) is 0 Å². The maximum absolute atomic E-state index is 12.0. The predicted molar refractivity (Wildman–Crippen MR) is 88.0 cm³/mol. The van der Waals surface area contributed by atoms with E-state index in [0.717, 1.165) is 19.5 Å². The molecule has 0 saturated carbocycles. The Bertz CT molecular complexity index is 425. The van der Waals surface area contributed by atoms with E-state index in [1.807, 2.05) is 0 Å². The van der Waals surface area contributed by atoms with Crippen LogP contribution in [0.5, 0.6) is 0 Å². The lowest BCUT2D eigenvalue weighted by Crippen LogP contribution is -2.42. The zero-order chi connectivity index (χ0) is 15.8. The highest BCUT2D eigenvalue weighted by Gasteiger charge is 2.15. The van der Waals surface area contributed by atoms with E-state index in [4.69, 9.17) is 0 Å². The molecule has 0 saturated heterocycles. The van der Waals surface area contributed by atoms with Gasteiger partial charge in [-0.25, -0.2) is 0 Å². The van der Waals surface area contributed by atoms with Gasteiger partial charge in [0, 0.05) is 31.7 Å². The molecule has 0 bridgehead atoms. The zero-order valence-electron chi connectivity index (χ0n) is 13.6. The molecule has 1 aromatic heterocycles. The number of aromatic nitrogens is 2. The number of hydrogen-bond acceptors (Lipinski definition) is 6. The van der Waals surface area contributed by atoms with E-state index >= 15 is 0 Å². The first-order valence-electron chi connectivity index (χ1n) is 7.57. The lowest BCUT2D eigenvalue weighted by atomic mass is 10.2. The second-order valence-electron chi connectivity index (χ2n) is 5.52. The van der Waals surface area contributed by atoms with E-state index < -0.39 is 0 Å². The van der Waals surface area contributed by atoms with E-state index in [9.17, 15) is 4.79 Å². The fraction of sp³-hybridized carbons (Fsp3) is 0.786. The molecule has 0 aromatic carbocycles. The highest BCUT2D eigenvalue weighted by atomic mass is 32.1. The summed E-state index contributed by atoms with van der Waals surface area (Å²) < 4.78 is 0. The van der Waals surface area contributed by atoms with Gasteiger partial charge in [0.25, 0.3) is 5.91 Å². The lowest BCUT2D eigenvalue weighted by Gasteiger charge is -2.30. The number of nitrogens with zero attached hydrogens (tertiary/aromatic N) is 3. The minimum Gasteiger partial charge on any atom is -0.360 e. The summed E-state index contributed by atoms with van der Waals surface area (Å²) in [6, 6.07) is 0.932. The van der Waals surface area contributed by atoms with E-state index in [-0.39, 0.29) is 5.91 Å². The Kier molecular flexibility index (Phi) is 7.60. The lowest BCUT2D eigenvalue weighted by molar-refractivity contribution is 0.0938. The summed E-state index contributed by atoms with van der Waals surface area (Å²) in [4.78, 5) is 14.3. The molecule has 2 N–H and O–H groups in total. The molecule has 0 spiro atoms. The molecule has 0 aliphatic carbocycles.